The Morgan fingerprint density at radius 3 is 2.56 bits per heavy atom. The number of nitrogens with one attached hydrogen (secondary N) is 1. The molecule has 0 aromatic heterocycles. The van der Waals surface area contributed by atoms with Gasteiger partial charge in [-0.15, -0.1) is 0 Å². The van der Waals surface area contributed by atoms with Crippen LogP contribution in [-0.4, -0.2) is 30.6 Å². The third-order valence-electron chi connectivity index (χ3n) is 4.19. The van der Waals surface area contributed by atoms with Crippen LogP contribution >= 0.6 is 0 Å². The number of aryl methyl sites for hydroxylation is 1. The van der Waals surface area contributed by atoms with Gasteiger partial charge in [0.2, 0.25) is 0 Å². The van der Waals surface area contributed by atoms with Crippen LogP contribution < -0.4 is 5.32 Å². The lowest BCUT2D eigenvalue weighted by atomic mass is 9.83. The third kappa shape index (κ3) is 2.60. The Morgan fingerprint density at radius 2 is 1.89 bits per heavy atom. The predicted octanol–water partition coefficient (Wildman–Crippen LogP) is 2.99. The summed E-state index contributed by atoms with van der Waals surface area (Å²) in [6.45, 7) is 10.1. The van der Waals surface area contributed by atoms with Crippen LogP contribution in [0.4, 0.5) is 0 Å². The van der Waals surface area contributed by atoms with Crippen LogP contribution in [-0.2, 0) is 6.42 Å². The molecule has 2 atom stereocenters. The number of fused-ring (bicyclic) bond motifs is 1. The van der Waals surface area contributed by atoms with Gasteiger partial charge in [0.15, 0.2) is 0 Å². The minimum Gasteiger partial charge on any atom is -0.309 e. The Labute approximate surface area is 111 Å². The lowest BCUT2D eigenvalue weighted by molar-refractivity contribution is 0.155. The monoisotopic (exact) mass is 246 g/mol. The summed E-state index contributed by atoms with van der Waals surface area (Å²) in [6, 6.07) is 10.1. The Morgan fingerprint density at radius 1 is 1.17 bits per heavy atom. The van der Waals surface area contributed by atoms with Crippen LogP contribution in [0.3, 0.4) is 0 Å². The first-order chi connectivity index (χ1) is 8.81. The first-order valence-electron chi connectivity index (χ1n) is 7.37. The Hall–Kier alpha value is -0.860. The summed E-state index contributed by atoms with van der Waals surface area (Å²) >= 11 is 0. The fourth-order valence-electron chi connectivity index (χ4n) is 3.29. The van der Waals surface area contributed by atoms with Crippen molar-refractivity contribution in [1.29, 1.82) is 0 Å². The largest absolute Gasteiger partial charge is 0.309 e. The van der Waals surface area contributed by atoms with Gasteiger partial charge in [0, 0.05) is 12.1 Å². The number of benzene rings is 1. The number of likely N-dealkylation sites (N-methyl/N-ethyl adjacent to an activating group) is 2. The molecular formula is C16H26N2. The zero-order valence-electron chi connectivity index (χ0n) is 11.9. The lowest BCUT2D eigenvalue weighted by Crippen LogP contribution is -2.47. The second-order valence-electron chi connectivity index (χ2n) is 5.06. The van der Waals surface area contributed by atoms with Gasteiger partial charge in [-0.25, -0.2) is 0 Å². The van der Waals surface area contributed by atoms with Gasteiger partial charge in [0.25, 0.3) is 0 Å². The quantitative estimate of drug-likeness (QED) is 0.859. The molecule has 0 saturated carbocycles. The summed E-state index contributed by atoms with van der Waals surface area (Å²) < 4.78 is 0. The number of nitrogens with zero attached hydrogens (tertiary/aromatic N) is 1. The van der Waals surface area contributed by atoms with Crippen molar-refractivity contribution >= 4 is 0 Å². The summed E-state index contributed by atoms with van der Waals surface area (Å²) in [4.78, 5) is 2.60. The van der Waals surface area contributed by atoms with Crippen LogP contribution in [0.5, 0.6) is 0 Å². The molecule has 1 aromatic rings. The topological polar surface area (TPSA) is 15.3 Å². The van der Waals surface area contributed by atoms with E-state index in [2.05, 4.69) is 55.3 Å². The molecule has 0 aliphatic heterocycles. The Kier molecular flexibility index (Phi) is 4.79. The molecule has 0 fully saturated rings. The van der Waals surface area contributed by atoms with E-state index in [1.54, 1.807) is 0 Å². The zero-order valence-corrected chi connectivity index (χ0v) is 11.9. The normalized spacial score (nSPS) is 23.1. The molecule has 0 saturated heterocycles. The molecule has 0 bridgehead atoms. The van der Waals surface area contributed by atoms with Gasteiger partial charge >= 0.3 is 0 Å². The van der Waals surface area contributed by atoms with E-state index in [1.807, 2.05) is 0 Å². The number of hydrogen-bond donors (Lipinski definition) is 1. The third-order valence-corrected chi connectivity index (χ3v) is 4.19. The minimum atomic E-state index is 0.500. The molecule has 0 amide bonds. The van der Waals surface area contributed by atoms with Gasteiger partial charge in [-0.3, -0.25) is 4.90 Å². The van der Waals surface area contributed by atoms with Crippen molar-refractivity contribution in [3.05, 3.63) is 35.4 Å². The van der Waals surface area contributed by atoms with Gasteiger partial charge in [0.05, 0.1) is 0 Å². The Balaban J connectivity index is 2.28. The zero-order chi connectivity index (χ0) is 13.0. The van der Waals surface area contributed by atoms with Crippen molar-refractivity contribution in [2.75, 3.05) is 19.6 Å². The first-order valence-corrected chi connectivity index (χ1v) is 7.37. The molecule has 18 heavy (non-hydrogen) atoms. The maximum atomic E-state index is 3.70. The highest BCUT2D eigenvalue weighted by molar-refractivity contribution is 5.34. The van der Waals surface area contributed by atoms with Crippen molar-refractivity contribution in [1.82, 2.24) is 10.2 Å². The molecular weight excluding hydrogens is 220 g/mol. The lowest BCUT2D eigenvalue weighted by Gasteiger charge is -2.40. The molecule has 1 aromatic carbocycles. The second kappa shape index (κ2) is 6.35. The maximum absolute atomic E-state index is 3.70. The molecule has 2 heteroatoms. The fourth-order valence-corrected chi connectivity index (χ4v) is 3.29. The first kappa shape index (κ1) is 13.6. The van der Waals surface area contributed by atoms with Gasteiger partial charge in [-0.1, -0.05) is 45.0 Å². The molecule has 2 unspecified atom stereocenters. The van der Waals surface area contributed by atoms with E-state index < -0.39 is 0 Å². The predicted molar refractivity (Wildman–Crippen MR) is 77.9 cm³/mol. The van der Waals surface area contributed by atoms with Crippen LogP contribution in [0.2, 0.25) is 0 Å². The molecule has 0 spiro atoms. The van der Waals surface area contributed by atoms with Crippen molar-refractivity contribution < 1.29 is 0 Å². The van der Waals surface area contributed by atoms with Gasteiger partial charge in [-0.05, 0) is 43.6 Å². The fraction of sp³-hybridized carbons (Fsp3) is 0.625. The smallest absolute Gasteiger partial charge is 0.0480 e. The molecule has 100 valence electrons. The summed E-state index contributed by atoms with van der Waals surface area (Å²) in [6.07, 6.45) is 2.50. The summed E-state index contributed by atoms with van der Waals surface area (Å²) in [5.41, 5.74) is 3.05. The highest BCUT2D eigenvalue weighted by Gasteiger charge is 2.31. The van der Waals surface area contributed by atoms with Crippen molar-refractivity contribution in [3.63, 3.8) is 0 Å². The molecule has 1 aliphatic carbocycles. The highest BCUT2D eigenvalue weighted by atomic mass is 15.2. The molecule has 1 N–H and O–H groups in total. The van der Waals surface area contributed by atoms with Crippen molar-refractivity contribution in [2.45, 2.75) is 45.7 Å². The van der Waals surface area contributed by atoms with E-state index in [0.717, 1.165) is 19.6 Å². The van der Waals surface area contributed by atoms with Gasteiger partial charge < -0.3 is 5.32 Å². The van der Waals surface area contributed by atoms with Crippen LogP contribution in [0.25, 0.3) is 0 Å². The van der Waals surface area contributed by atoms with Crippen LogP contribution in [0, 0.1) is 0 Å². The summed E-state index contributed by atoms with van der Waals surface area (Å²) in [7, 11) is 0. The second-order valence-corrected chi connectivity index (χ2v) is 5.06. The van der Waals surface area contributed by atoms with Gasteiger partial charge in [0.1, 0.15) is 0 Å². The number of rotatable bonds is 5. The van der Waals surface area contributed by atoms with E-state index in [9.17, 15) is 0 Å². The SMILES string of the molecule is CCNC1c2ccccc2CCC1N(CC)CC. The average molecular weight is 246 g/mol. The highest BCUT2D eigenvalue weighted by Crippen LogP contribution is 2.32. The molecule has 0 radical (unpaired) electrons. The molecule has 1 aliphatic rings. The summed E-state index contributed by atoms with van der Waals surface area (Å²) in [5, 5.41) is 3.70. The minimum absolute atomic E-state index is 0.500. The van der Waals surface area contributed by atoms with Crippen molar-refractivity contribution in [3.8, 4) is 0 Å². The molecule has 2 nitrogen and oxygen atoms in total. The van der Waals surface area contributed by atoms with Crippen molar-refractivity contribution in [2.24, 2.45) is 0 Å². The van der Waals surface area contributed by atoms with Crippen LogP contribution in [0.1, 0.15) is 44.4 Å². The average Bonchev–Trinajstić information content (AvgIpc) is 2.42. The van der Waals surface area contributed by atoms with E-state index in [0.29, 0.717) is 12.1 Å². The van der Waals surface area contributed by atoms with E-state index in [4.69, 9.17) is 0 Å². The van der Waals surface area contributed by atoms with E-state index in [-0.39, 0.29) is 0 Å². The van der Waals surface area contributed by atoms with E-state index >= 15 is 0 Å². The Bertz CT molecular complexity index is 371. The molecule has 0 heterocycles. The maximum Gasteiger partial charge on any atom is 0.0480 e. The van der Waals surface area contributed by atoms with E-state index in [1.165, 1.54) is 24.0 Å². The van der Waals surface area contributed by atoms with Gasteiger partial charge in [-0.2, -0.15) is 0 Å². The summed E-state index contributed by atoms with van der Waals surface area (Å²) in [5.74, 6) is 0. The standard InChI is InChI=1S/C16H26N2/c1-4-17-16-14-10-8-7-9-13(14)11-12-15(16)18(5-2)6-3/h7-10,15-17H,4-6,11-12H2,1-3H3. The molecule has 2 rings (SSSR count). The number of hydrogen-bond acceptors (Lipinski definition) is 2. The van der Waals surface area contributed by atoms with Crippen LogP contribution in [0.15, 0.2) is 24.3 Å².